The standard InChI is InChI=1S/C11H12N2.C10H10N2.C2H6/c1-2-4-11-10(3-1)12-8-13(11)7-9-5-6-9;1-2-4-10-9(3-1)11-7-12(10)8-5-6-8;1-2/h1-4,8-9H,5-7H2;1-4,7-8H,5-6H2;1-2H3. The molecule has 0 saturated heterocycles. The second-order valence-electron chi connectivity index (χ2n) is 7.20. The van der Waals surface area contributed by atoms with Crippen LogP contribution in [0.5, 0.6) is 0 Å². The predicted octanol–water partition coefficient (Wildman–Crippen LogP) is 5.84. The van der Waals surface area contributed by atoms with Gasteiger partial charge in [0.15, 0.2) is 0 Å². The van der Waals surface area contributed by atoms with Gasteiger partial charge in [0.05, 0.1) is 34.7 Å². The third kappa shape index (κ3) is 4.05. The first-order valence-corrected chi connectivity index (χ1v) is 10.2. The molecule has 0 atom stereocenters. The minimum Gasteiger partial charge on any atom is -0.330 e. The quantitative estimate of drug-likeness (QED) is 0.460. The van der Waals surface area contributed by atoms with E-state index in [0.29, 0.717) is 0 Å². The maximum Gasteiger partial charge on any atom is 0.0960 e. The van der Waals surface area contributed by atoms with Crippen LogP contribution in [0.4, 0.5) is 0 Å². The van der Waals surface area contributed by atoms with Gasteiger partial charge in [-0.2, -0.15) is 0 Å². The van der Waals surface area contributed by atoms with E-state index in [1.54, 1.807) is 0 Å². The van der Waals surface area contributed by atoms with Crippen LogP contribution in [0.15, 0.2) is 61.2 Å². The summed E-state index contributed by atoms with van der Waals surface area (Å²) in [5.74, 6) is 0.914. The molecule has 0 bridgehead atoms. The van der Waals surface area contributed by atoms with Crippen molar-refractivity contribution in [1.82, 2.24) is 19.1 Å². The first-order chi connectivity index (χ1) is 13.4. The van der Waals surface area contributed by atoms with Gasteiger partial charge in [-0.25, -0.2) is 9.97 Å². The van der Waals surface area contributed by atoms with Gasteiger partial charge in [0.1, 0.15) is 0 Å². The van der Waals surface area contributed by atoms with Gasteiger partial charge in [-0.15, -0.1) is 0 Å². The molecule has 2 heterocycles. The molecular formula is C23H28N4. The summed E-state index contributed by atoms with van der Waals surface area (Å²) in [6.45, 7) is 5.15. The number of fused-ring (bicyclic) bond motifs is 2. The average Bonchev–Trinajstić information content (AvgIpc) is 3.66. The van der Waals surface area contributed by atoms with E-state index in [0.717, 1.165) is 29.5 Å². The van der Waals surface area contributed by atoms with Crippen LogP contribution in [0.3, 0.4) is 0 Å². The topological polar surface area (TPSA) is 35.6 Å². The molecule has 0 N–H and O–H groups in total. The Kier molecular flexibility index (Phi) is 5.23. The van der Waals surface area contributed by atoms with Crippen molar-refractivity contribution in [3.05, 3.63) is 61.2 Å². The zero-order valence-electron chi connectivity index (χ0n) is 16.3. The van der Waals surface area contributed by atoms with Crippen LogP contribution >= 0.6 is 0 Å². The third-order valence-corrected chi connectivity index (χ3v) is 5.10. The first-order valence-electron chi connectivity index (χ1n) is 10.2. The zero-order valence-corrected chi connectivity index (χ0v) is 16.3. The van der Waals surface area contributed by atoms with Crippen LogP contribution in [-0.4, -0.2) is 19.1 Å². The summed E-state index contributed by atoms with van der Waals surface area (Å²) in [5, 5.41) is 0. The maximum absolute atomic E-state index is 4.36. The van der Waals surface area contributed by atoms with Crippen molar-refractivity contribution in [3.63, 3.8) is 0 Å². The van der Waals surface area contributed by atoms with E-state index in [-0.39, 0.29) is 0 Å². The largest absolute Gasteiger partial charge is 0.330 e. The molecule has 27 heavy (non-hydrogen) atoms. The fraction of sp³-hybridized carbons (Fsp3) is 0.391. The van der Waals surface area contributed by atoms with Crippen LogP contribution in [0.25, 0.3) is 22.1 Å². The fourth-order valence-electron chi connectivity index (χ4n) is 3.36. The lowest BCUT2D eigenvalue weighted by Crippen LogP contribution is -1.96. The first kappa shape index (κ1) is 17.8. The molecule has 6 rings (SSSR count). The van der Waals surface area contributed by atoms with Crippen molar-refractivity contribution in [3.8, 4) is 0 Å². The Bertz CT molecular complexity index is 1010. The van der Waals surface area contributed by atoms with Crippen molar-refractivity contribution >= 4 is 22.1 Å². The Morgan fingerprint density at radius 1 is 0.778 bits per heavy atom. The molecule has 2 fully saturated rings. The van der Waals surface area contributed by atoms with Crippen molar-refractivity contribution < 1.29 is 0 Å². The molecule has 2 aromatic heterocycles. The molecule has 4 heteroatoms. The van der Waals surface area contributed by atoms with Gasteiger partial charge in [-0.3, -0.25) is 0 Å². The number of nitrogens with zero attached hydrogens (tertiary/aromatic N) is 4. The number of hydrogen-bond donors (Lipinski definition) is 0. The lowest BCUT2D eigenvalue weighted by molar-refractivity contribution is 0.642. The van der Waals surface area contributed by atoms with Crippen molar-refractivity contribution in [1.29, 1.82) is 0 Å². The summed E-state index contributed by atoms with van der Waals surface area (Å²) in [4.78, 5) is 8.71. The zero-order chi connectivity index (χ0) is 18.6. The van der Waals surface area contributed by atoms with Crippen LogP contribution < -0.4 is 0 Å². The lowest BCUT2D eigenvalue weighted by atomic mass is 10.3. The summed E-state index contributed by atoms with van der Waals surface area (Å²) in [6, 6.07) is 17.4. The van der Waals surface area contributed by atoms with E-state index in [9.17, 15) is 0 Å². The highest BCUT2D eigenvalue weighted by Crippen LogP contribution is 2.36. The SMILES string of the molecule is CC.c1ccc2c(c1)ncn2C1CC1.c1ccc2c(c1)ncn2CC1CC1. The molecule has 4 aromatic rings. The minimum atomic E-state index is 0.734. The van der Waals surface area contributed by atoms with E-state index in [4.69, 9.17) is 0 Å². The lowest BCUT2D eigenvalue weighted by Gasteiger charge is -2.00. The van der Waals surface area contributed by atoms with Gasteiger partial charge in [0.25, 0.3) is 0 Å². The van der Waals surface area contributed by atoms with Crippen LogP contribution in [0, 0.1) is 5.92 Å². The van der Waals surface area contributed by atoms with E-state index in [1.807, 2.05) is 38.6 Å². The Labute approximate surface area is 160 Å². The van der Waals surface area contributed by atoms with Gasteiger partial charge in [0.2, 0.25) is 0 Å². The molecular weight excluding hydrogens is 332 g/mol. The highest BCUT2D eigenvalue weighted by atomic mass is 15.1. The Balaban J connectivity index is 0.000000123. The van der Waals surface area contributed by atoms with Crippen LogP contribution in [-0.2, 0) is 6.54 Å². The number of hydrogen-bond acceptors (Lipinski definition) is 2. The summed E-state index contributed by atoms with van der Waals surface area (Å²) in [6.07, 6.45) is 9.35. The second-order valence-corrected chi connectivity index (χ2v) is 7.20. The number of imidazole rings is 2. The van der Waals surface area contributed by atoms with Gasteiger partial charge < -0.3 is 9.13 Å². The summed E-state index contributed by atoms with van der Waals surface area (Å²) >= 11 is 0. The molecule has 0 aliphatic heterocycles. The molecule has 2 saturated carbocycles. The van der Waals surface area contributed by atoms with Gasteiger partial charge in [-0.05, 0) is 55.9 Å². The Hall–Kier alpha value is -2.62. The predicted molar refractivity (Wildman–Crippen MR) is 112 cm³/mol. The number of rotatable bonds is 3. The van der Waals surface area contributed by atoms with E-state index >= 15 is 0 Å². The average molecular weight is 361 g/mol. The second kappa shape index (κ2) is 7.95. The molecule has 0 unspecified atom stereocenters. The molecule has 2 aliphatic carbocycles. The molecule has 4 nitrogen and oxygen atoms in total. The van der Waals surface area contributed by atoms with E-state index < -0.39 is 0 Å². The molecule has 2 aromatic carbocycles. The van der Waals surface area contributed by atoms with Crippen LogP contribution in [0.2, 0.25) is 0 Å². The Morgan fingerprint density at radius 3 is 2.04 bits per heavy atom. The monoisotopic (exact) mass is 360 g/mol. The number of para-hydroxylation sites is 4. The van der Waals surface area contributed by atoms with Gasteiger partial charge in [-0.1, -0.05) is 38.1 Å². The molecule has 0 amide bonds. The van der Waals surface area contributed by atoms with Gasteiger partial charge >= 0.3 is 0 Å². The van der Waals surface area contributed by atoms with Crippen LogP contribution in [0.1, 0.15) is 45.6 Å². The fourth-order valence-corrected chi connectivity index (χ4v) is 3.36. The summed E-state index contributed by atoms with van der Waals surface area (Å²) < 4.78 is 4.56. The molecule has 140 valence electrons. The highest BCUT2D eigenvalue weighted by Gasteiger charge is 2.24. The Morgan fingerprint density at radius 2 is 1.37 bits per heavy atom. The summed E-state index contributed by atoms with van der Waals surface area (Å²) in [5.41, 5.74) is 4.78. The molecule has 0 spiro atoms. The normalized spacial score (nSPS) is 15.8. The van der Waals surface area contributed by atoms with E-state index in [2.05, 4.69) is 55.5 Å². The van der Waals surface area contributed by atoms with E-state index in [1.165, 1.54) is 36.7 Å². The summed E-state index contributed by atoms with van der Waals surface area (Å²) in [7, 11) is 0. The minimum absolute atomic E-state index is 0.734. The van der Waals surface area contributed by atoms with Gasteiger partial charge in [0, 0.05) is 12.6 Å². The third-order valence-electron chi connectivity index (χ3n) is 5.10. The highest BCUT2D eigenvalue weighted by molar-refractivity contribution is 5.75. The number of aromatic nitrogens is 4. The number of benzene rings is 2. The maximum atomic E-state index is 4.36. The van der Waals surface area contributed by atoms with Crippen molar-refractivity contribution in [2.75, 3.05) is 0 Å². The molecule has 0 radical (unpaired) electrons. The smallest absolute Gasteiger partial charge is 0.0960 e. The molecule has 2 aliphatic rings. The van der Waals surface area contributed by atoms with Crippen molar-refractivity contribution in [2.24, 2.45) is 5.92 Å². The van der Waals surface area contributed by atoms with Crippen molar-refractivity contribution in [2.45, 2.75) is 52.1 Å².